The Hall–Kier alpha value is -3.19. The molecule has 0 saturated heterocycles. The van der Waals surface area contributed by atoms with Crippen LogP contribution < -0.4 is 19.0 Å². The summed E-state index contributed by atoms with van der Waals surface area (Å²) in [6.45, 7) is 7.23. The lowest BCUT2D eigenvalue weighted by atomic mass is 10.2. The maximum absolute atomic E-state index is 12.6. The van der Waals surface area contributed by atoms with Crippen molar-refractivity contribution in [3.05, 3.63) is 77.9 Å². The van der Waals surface area contributed by atoms with Crippen molar-refractivity contribution in [2.45, 2.75) is 32.2 Å². The van der Waals surface area contributed by atoms with E-state index in [9.17, 15) is 8.42 Å². The fourth-order valence-electron chi connectivity index (χ4n) is 2.91. The molecule has 7 heteroatoms. The molecule has 0 atom stereocenters. The number of anilines is 1. The second kappa shape index (κ2) is 10.2. The Kier molecular flexibility index (Phi) is 7.41. The summed E-state index contributed by atoms with van der Waals surface area (Å²) < 4.78 is 41.7. The molecule has 0 aliphatic carbocycles. The van der Waals surface area contributed by atoms with Gasteiger partial charge in [-0.25, -0.2) is 0 Å². The summed E-state index contributed by atoms with van der Waals surface area (Å²) in [5, 5.41) is 3.33. The molecule has 3 aromatic carbocycles. The molecule has 1 N–H and O–H groups in total. The van der Waals surface area contributed by atoms with Crippen LogP contribution in [0.4, 0.5) is 5.69 Å². The first-order valence-electron chi connectivity index (χ1n) is 10.1. The van der Waals surface area contributed by atoms with Crippen LogP contribution in [0.1, 0.15) is 25.0 Å². The minimum absolute atomic E-state index is 0.0989. The van der Waals surface area contributed by atoms with Crippen molar-refractivity contribution >= 4 is 15.8 Å². The van der Waals surface area contributed by atoms with Gasteiger partial charge in [-0.05, 0) is 74.9 Å². The van der Waals surface area contributed by atoms with Crippen molar-refractivity contribution in [1.29, 1.82) is 0 Å². The van der Waals surface area contributed by atoms with Gasteiger partial charge in [0.2, 0.25) is 0 Å². The molecule has 0 aliphatic heterocycles. The van der Waals surface area contributed by atoms with Crippen LogP contribution in [0.2, 0.25) is 0 Å². The first-order chi connectivity index (χ1) is 14.9. The van der Waals surface area contributed by atoms with E-state index in [1.165, 1.54) is 12.1 Å². The highest BCUT2D eigenvalue weighted by Gasteiger charge is 2.19. The number of benzene rings is 3. The average Bonchev–Trinajstić information content (AvgIpc) is 2.75. The Balaban J connectivity index is 1.73. The van der Waals surface area contributed by atoms with Gasteiger partial charge in [-0.1, -0.05) is 23.8 Å². The summed E-state index contributed by atoms with van der Waals surface area (Å²) in [5.41, 5.74) is 2.85. The quantitative estimate of drug-likeness (QED) is 0.438. The van der Waals surface area contributed by atoms with Gasteiger partial charge in [-0.3, -0.25) is 0 Å². The highest BCUT2D eigenvalue weighted by atomic mass is 32.2. The number of aryl methyl sites for hydroxylation is 1. The maximum Gasteiger partial charge on any atom is 0.339 e. The molecule has 0 heterocycles. The van der Waals surface area contributed by atoms with Crippen LogP contribution in [0, 0.1) is 6.92 Å². The molecule has 0 spiro atoms. The molecule has 3 aromatic rings. The summed E-state index contributed by atoms with van der Waals surface area (Å²) >= 11 is 0. The third-order valence-electron chi connectivity index (χ3n) is 4.48. The van der Waals surface area contributed by atoms with Crippen molar-refractivity contribution in [2.75, 3.05) is 18.5 Å². The monoisotopic (exact) mass is 441 g/mol. The normalized spacial score (nSPS) is 11.1. The Bertz CT molecular complexity index is 1090. The van der Waals surface area contributed by atoms with E-state index in [4.69, 9.17) is 13.7 Å². The van der Waals surface area contributed by atoms with E-state index in [1.54, 1.807) is 24.3 Å². The summed E-state index contributed by atoms with van der Waals surface area (Å²) in [6, 6.07) is 19.4. The molecular weight excluding hydrogens is 414 g/mol. The van der Waals surface area contributed by atoms with Gasteiger partial charge in [-0.15, -0.1) is 0 Å². The van der Waals surface area contributed by atoms with Crippen molar-refractivity contribution in [2.24, 2.45) is 0 Å². The Labute approximate surface area is 183 Å². The molecule has 0 aromatic heterocycles. The number of rotatable bonds is 10. The predicted octanol–water partition coefficient (Wildman–Crippen LogP) is 5.17. The van der Waals surface area contributed by atoms with E-state index >= 15 is 0 Å². The average molecular weight is 442 g/mol. The highest BCUT2D eigenvalue weighted by molar-refractivity contribution is 7.87. The third kappa shape index (κ3) is 6.15. The van der Waals surface area contributed by atoms with Gasteiger partial charge in [0.15, 0.2) is 11.5 Å². The van der Waals surface area contributed by atoms with Crippen molar-refractivity contribution in [3.63, 3.8) is 0 Å². The maximum atomic E-state index is 12.6. The first kappa shape index (κ1) is 22.5. The lowest BCUT2D eigenvalue weighted by molar-refractivity contribution is 0.327. The van der Waals surface area contributed by atoms with Gasteiger partial charge < -0.3 is 19.0 Å². The number of ether oxygens (including phenoxy) is 2. The van der Waals surface area contributed by atoms with Crippen LogP contribution in [-0.2, 0) is 16.7 Å². The van der Waals surface area contributed by atoms with Gasteiger partial charge in [0.1, 0.15) is 10.6 Å². The zero-order valence-electron chi connectivity index (χ0n) is 17.9. The second-order valence-corrected chi connectivity index (χ2v) is 8.42. The van der Waals surface area contributed by atoms with Gasteiger partial charge in [0, 0.05) is 12.2 Å². The molecule has 164 valence electrons. The Morgan fingerprint density at radius 2 is 1.48 bits per heavy atom. The zero-order valence-corrected chi connectivity index (χ0v) is 18.7. The lowest BCUT2D eigenvalue weighted by Crippen LogP contribution is -2.11. The molecule has 0 aliphatic rings. The van der Waals surface area contributed by atoms with Crippen molar-refractivity contribution in [3.8, 4) is 17.2 Å². The van der Waals surface area contributed by atoms with Crippen LogP contribution in [0.3, 0.4) is 0 Å². The summed E-state index contributed by atoms with van der Waals surface area (Å²) in [6.07, 6.45) is 0. The number of nitrogens with one attached hydrogen (secondary N) is 1. The van der Waals surface area contributed by atoms with Crippen LogP contribution in [-0.4, -0.2) is 21.6 Å². The van der Waals surface area contributed by atoms with Crippen LogP contribution in [0.5, 0.6) is 17.2 Å². The Morgan fingerprint density at radius 3 is 2.13 bits per heavy atom. The molecular formula is C24H27NO5S. The van der Waals surface area contributed by atoms with Crippen LogP contribution in [0.15, 0.2) is 71.6 Å². The molecule has 0 fully saturated rings. The minimum atomic E-state index is -3.96. The molecule has 0 saturated carbocycles. The molecule has 31 heavy (non-hydrogen) atoms. The standard InChI is InChI=1S/C24H27NO5S/c1-4-28-21-11-9-20(10-12-21)25-17-19-8-15-23(24(16-19)29-5-2)30-31(26,27)22-13-6-18(3)7-14-22/h6-16,25H,4-5,17H2,1-3H3. The van der Waals surface area contributed by atoms with E-state index in [0.717, 1.165) is 22.6 Å². The van der Waals surface area contributed by atoms with E-state index < -0.39 is 10.1 Å². The smallest absolute Gasteiger partial charge is 0.339 e. The van der Waals surface area contributed by atoms with E-state index in [0.29, 0.717) is 25.5 Å². The predicted molar refractivity (Wildman–Crippen MR) is 122 cm³/mol. The molecule has 0 bridgehead atoms. The summed E-state index contributed by atoms with van der Waals surface area (Å²) in [4.78, 5) is 0.0989. The number of hydrogen-bond acceptors (Lipinski definition) is 6. The Morgan fingerprint density at radius 1 is 0.806 bits per heavy atom. The number of hydrogen-bond donors (Lipinski definition) is 1. The fraction of sp³-hybridized carbons (Fsp3) is 0.250. The molecule has 0 radical (unpaired) electrons. The van der Waals surface area contributed by atoms with Crippen LogP contribution >= 0.6 is 0 Å². The SMILES string of the molecule is CCOc1ccc(NCc2ccc(OS(=O)(=O)c3ccc(C)cc3)c(OCC)c2)cc1. The fourth-order valence-corrected chi connectivity index (χ4v) is 3.85. The van der Waals surface area contributed by atoms with E-state index in [-0.39, 0.29) is 10.6 Å². The molecule has 6 nitrogen and oxygen atoms in total. The molecule has 3 rings (SSSR count). The van der Waals surface area contributed by atoms with Gasteiger partial charge in [0.25, 0.3) is 0 Å². The molecule has 0 unspecified atom stereocenters. The van der Waals surface area contributed by atoms with Gasteiger partial charge in [0.05, 0.1) is 13.2 Å². The zero-order chi connectivity index (χ0) is 22.3. The molecule has 0 amide bonds. The summed E-state index contributed by atoms with van der Waals surface area (Å²) in [5.74, 6) is 1.36. The van der Waals surface area contributed by atoms with E-state index in [1.807, 2.05) is 51.1 Å². The highest BCUT2D eigenvalue weighted by Crippen LogP contribution is 2.31. The second-order valence-electron chi connectivity index (χ2n) is 6.88. The minimum Gasteiger partial charge on any atom is -0.494 e. The van der Waals surface area contributed by atoms with Crippen LogP contribution in [0.25, 0.3) is 0 Å². The lowest BCUT2D eigenvalue weighted by Gasteiger charge is -2.14. The van der Waals surface area contributed by atoms with Crippen molar-refractivity contribution < 1.29 is 22.1 Å². The van der Waals surface area contributed by atoms with Crippen molar-refractivity contribution in [1.82, 2.24) is 0 Å². The summed E-state index contributed by atoms with van der Waals surface area (Å²) in [7, 11) is -3.96. The topological polar surface area (TPSA) is 73.9 Å². The van der Waals surface area contributed by atoms with Gasteiger partial charge in [-0.2, -0.15) is 8.42 Å². The van der Waals surface area contributed by atoms with Gasteiger partial charge >= 0.3 is 10.1 Å². The largest absolute Gasteiger partial charge is 0.494 e. The first-order valence-corrected chi connectivity index (χ1v) is 11.6. The third-order valence-corrected chi connectivity index (χ3v) is 5.73. The van der Waals surface area contributed by atoms with E-state index in [2.05, 4.69) is 5.32 Å².